The minimum Gasteiger partial charge on any atom is -0.491 e. The Morgan fingerprint density at radius 3 is 2.85 bits per heavy atom. The van der Waals surface area contributed by atoms with Gasteiger partial charge in [-0.15, -0.1) is 0 Å². The molecule has 1 aromatic carbocycles. The number of carbonyl (C=O) groups is 1. The summed E-state index contributed by atoms with van der Waals surface area (Å²) < 4.78 is 16.9. The van der Waals surface area contributed by atoms with E-state index in [1.54, 1.807) is 12.1 Å². The molecule has 0 spiro atoms. The van der Waals surface area contributed by atoms with Crippen LogP contribution in [-0.2, 0) is 20.7 Å². The summed E-state index contributed by atoms with van der Waals surface area (Å²) in [5.41, 5.74) is 1.62. The fraction of sp³-hybridized carbons (Fsp3) is 0.533. The molecule has 5 nitrogen and oxygen atoms in total. The highest BCUT2D eigenvalue weighted by molar-refractivity contribution is 5.71. The van der Waals surface area contributed by atoms with Gasteiger partial charge in [0.25, 0.3) is 0 Å². The Labute approximate surface area is 118 Å². The first kappa shape index (κ1) is 14.8. The Kier molecular flexibility index (Phi) is 4.30. The SMILES string of the molecule is Cc1c(CC(=O)O)cccc1OCC1COC(C)(C)O1. The van der Waals surface area contributed by atoms with Gasteiger partial charge in [-0.2, -0.15) is 0 Å². The maximum atomic E-state index is 10.8. The van der Waals surface area contributed by atoms with Crippen molar-refractivity contribution in [3.63, 3.8) is 0 Å². The van der Waals surface area contributed by atoms with E-state index in [2.05, 4.69) is 0 Å². The molecule has 20 heavy (non-hydrogen) atoms. The van der Waals surface area contributed by atoms with Gasteiger partial charge in [0, 0.05) is 0 Å². The van der Waals surface area contributed by atoms with Crippen molar-refractivity contribution in [2.24, 2.45) is 0 Å². The quantitative estimate of drug-likeness (QED) is 0.895. The van der Waals surface area contributed by atoms with Crippen LogP contribution in [0.3, 0.4) is 0 Å². The van der Waals surface area contributed by atoms with Gasteiger partial charge in [-0.25, -0.2) is 0 Å². The van der Waals surface area contributed by atoms with Crippen LogP contribution in [-0.4, -0.2) is 36.2 Å². The summed E-state index contributed by atoms with van der Waals surface area (Å²) in [6.07, 6.45) is -0.105. The fourth-order valence-corrected chi connectivity index (χ4v) is 2.20. The van der Waals surface area contributed by atoms with Gasteiger partial charge in [-0.05, 0) is 38.0 Å². The number of benzene rings is 1. The van der Waals surface area contributed by atoms with E-state index >= 15 is 0 Å². The summed E-state index contributed by atoms with van der Waals surface area (Å²) in [4.78, 5) is 10.8. The van der Waals surface area contributed by atoms with Crippen LogP contribution in [0, 0.1) is 6.92 Å². The Morgan fingerprint density at radius 1 is 1.50 bits per heavy atom. The predicted molar refractivity (Wildman–Crippen MR) is 72.9 cm³/mol. The molecule has 0 amide bonds. The van der Waals surface area contributed by atoms with Crippen LogP contribution in [0.1, 0.15) is 25.0 Å². The molecule has 1 aromatic rings. The lowest BCUT2D eigenvalue weighted by Crippen LogP contribution is -2.25. The van der Waals surface area contributed by atoms with E-state index in [1.165, 1.54) is 0 Å². The van der Waals surface area contributed by atoms with Gasteiger partial charge in [0.05, 0.1) is 13.0 Å². The van der Waals surface area contributed by atoms with Crippen LogP contribution in [0.4, 0.5) is 0 Å². The molecule has 1 N–H and O–H groups in total. The number of aliphatic carboxylic acids is 1. The third-order valence-electron chi connectivity index (χ3n) is 3.23. The number of rotatable bonds is 5. The van der Waals surface area contributed by atoms with Crippen molar-refractivity contribution in [2.75, 3.05) is 13.2 Å². The van der Waals surface area contributed by atoms with E-state index in [1.807, 2.05) is 26.8 Å². The molecule has 0 radical (unpaired) electrons. The van der Waals surface area contributed by atoms with Gasteiger partial charge in [0.15, 0.2) is 5.79 Å². The lowest BCUT2D eigenvalue weighted by atomic mass is 10.1. The first-order valence-electron chi connectivity index (χ1n) is 6.62. The zero-order chi connectivity index (χ0) is 14.8. The molecule has 0 aromatic heterocycles. The Morgan fingerprint density at radius 2 is 2.25 bits per heavy atom. The molecule has 0 saturated carbocycles. The topological polar surface area (TPSA) is 65.0 Å². The lowest BCUT2D eigenvalue weighted by Gasteiger charge is -2.18. The van der Waals surface area contributed by atoms with Gasteiger partial charge in [0.2, 0.25) is 0 Å². The molecule has 0 aliphatic carbocycles. The normalized spacial score (nSPS) is 20.9. The minimum absolute atomic E-state index is 0.000889. The van der Waals surface area contributed by atoms with Crippen molar-refractivity contribution in [1.29, 1.82) is 0 Å². The molecule has 0 bridgehead atoms. The standard InChI is InChI=1S/C15H20O5/c1-10-11(7-14(16)17)5-4-6-13(10)18-8-12-9-19-15(2,3)20-12/h4-6,12H,7-9H2,1-3H3,(H,16,17). The number of ether oxygens (including phenoxy) is 3. The number of hydrogen-bond donors (Lipinski definition) is 1. The Bertz CT molecular complexity index is 495. The summed E-state index contributed by atoms with van der Waals surface area (Å²) in [6, 6.07) is 5.44. The molecule has 1 aliphatic heterocycles. The van der Waals surface area contributed by atoms with Gasteiger partial charge in [0.1, 0.15) is 18.5 Å². The molecule has 1 heterocycles. The summed E-state index contributed by atoms with van der Waals surface area (Å²) in [6.45, 7) is 6.49. The predicted octanol–water partition coefficient (Wildman–Crippen LogP) is 2.15. The third kappa shape index (κ3) is 3.71. The molecule has 1 saturated heterocycles. The van der Waals surface area contributed by atoms with E-state index in [4.69, 9.17) is 19.3 Å². The van der Waals surface area contributed by atoms with Gasteiger partial charge < -0.3 is 19.3 Å². The molecule has 1 aliphatic rings. The molecule has 110 valence electrons. The molecule has 2 rings (SSSR count). The van der Waals surface area contributed by atoms with Crippen LogP contribution >= 0.6 is 0 Å². The highest BCUT2D eigenvalue weighted by Gasteiger charge is 2.33. The zero-order valence-corrected chi connectivity index (χ0v) is 12.0. The summed E-state index contributed by atoms with van der Waals surface area (Å²) in [5, 5.41) is 8.87. The Balaban J connectivity index is 1.98. The second-order valence-corrected chi connectivity index (χ2v) is 5.37. The second kappa shape index (κ2) is 5.81. The van der Waals surface area contributed by atoms with Crippen molar-refractivity contribution >= 4 is 5.97 Å². The molecule has 5 heteroatoms. The highest BCUT2D eigenvalue weighted by Crippen LogP contribution is 2.25. The largest absolute Gasteiger partial charge is 0.491 e. The van der Waals surface area contributed by atoms with E-state index in [9.17, 15) is 4.79 Å². The van der Waals surface area contributed by atoms with E-state index in [-0.39, 0.29) is 12.5 Å². The van der Waals surface area contributed by atoms with Crippen molar-refractivity contribution < 1.29 is 24.1 Å². The smallest absolute Gasteiger partial charge is 0.307 e. The highest BCUT2D eigenvalue weighted by atomic mass is 16.7. The average molecular weight is 280 g/mol. The van der Waals surface area contributed by atoms with Crippen molar-refractivity contribution in [3.8, 4) is 5.75 Å². The van der Waals surface area contributed by atoms with Crippen LogP contribution in [0.5, 0.6) is 5.75 Å². The monoisotopic (exact) mass is 280 g/mol. The van der Waals surface area contributed by atoms with Crippen molar-refractivity contribution in [1.82, 2.24) is 0 Å². The zero-order valence-electron chi connectivity index (χ0n) is 12.0. The first-order valence-corrected chi connectivity index (χ1v) is 6.62. The summed E-state index contributed by atoms with van der Waals surface area (Å²) in [5.74, 6) is -0.717. The molecule has 1 unspecified atom stereocenters. The van der Waals surface area contributed by atoms with Crippen LogP contribution in [0.15, 0.2) is 18.2 Å². The molecule has 1 atom stereocenters. The first-order chi connectivity index (χ1) is 9.37. The summed E-state index contributed by atoms with van der Waals surface area (Å²) in [7, 11) is 0. The molecular weight excluding hydrogens is 260 g/mol. The van der Waals surface area contributed by atoms with Gasteiger partial charge in [-0.1, -0.05) is 12.1 Å². The van der Waals surface area contributed by atoms with Crippen LogP contribution in [0.2, 0.25) is 0 Å². The minimum atomic E-state index is -0.848. The van der Waals surface area contributed by atoms with Gasteiger partial charge >= 0.3 is 5.97 Å². The molecule has 1 fully saturated rings. The van der Waals surface area contributed by atoms with Gasteiger partial charge in [-0.3, -0.25) is 4.79 Å². The lowest BCUT2D eigenvalue weighted by molar-refractivity contribution is -0.141. The average Bonchev–Trinajstić information content (AvgIpc) is 2.70. The van der Waals surface area contributed by atoms with Crippen molar-refractivity contribution in [2.45, 2.75) is 39.1 Å². The maximum absolute atomic E-state index is 10.8. The van der Waals surface area contributed by atoms with E-state index in [0.29, 0.717) is 19.0 Å². The van der Waals surface area contributed by atoms with Crippen LogP contribution in [0.25, 0.3) is 0 Å². The Hall–Kier alpha value is -1.59. The van der Waals surface area contributed by atoms with Crippen molar-refractivity contribution in [3.05, 3.63) is 29.3 Å². The number of hydrogen-bond acceptors (Lipinski definition) is 4. The van der Waals surface area contributed by atoms with E-state index < -0.39 is 11.8 Å². The third-order valence-corrected chi connectivity index (χ3v) is 3.23. The second-order valence-electron chi connectivity index (χ2n) is 5.37. The maximum Gasteiger partial charge on any atom is 0.307 e. The number of carboxylic acids is 1. The number of carboxylic acid groups (broad SMARTS) is 1. The fourth-order valence-electron chi connectivity index (χ4n) is 2.20. The molecular formula is C15H20O5. The van der Waals surface area contributed by atoms with Crippen LogP contribution < -0.4 is 4.74 Å². The van der Waals surface area contributed by atoms with E-state index in [0.717, 1.165) is 11.1 Å². The summed E-state index contributed by atoms with van der Waals surface area (Å²) >= 11 is 0.